The van der Waals surface area contributed by atoms with Crippen molar-refractivity contribution in [2.75, 3.05) is 0 Å². The third-order valence-corrected chi connectivity index (χ3v) is 4.96. The standard InChI is InChI=1S/C13H13BrFNS/c1-7-3-4-9(5-11(7)15)13(16)12-6-10(14)8(2)17-12/h3-6,13H,16H2,1-2H3. The van der Waals surface area contributed by atoms with Gasteiger partial charge in [0.1, 0.15) is 5.82 Å². The largest absolute Gasteiger partial charge is 0.320 e. The van der Waals surface area contributed by atoms with Crippen LogP contribution in [0.3, 0.4) is 0 Å². The summed E-state index contributed by atoms with van der Waals surface area (Å²) in [7, 11) is 0. The Balaban J connectivity index is 2.36. The van der Waals surface area contributed by atoms with Crippen LogP contribution in [0.5, 0.6) is 0 Å². The smallest absolute Gasteiger partial charge is 0.126 e. The fourth-order valence-corrected chi connectivity index (χ4v) is 3.19. The van der Waals surface area contributed by atoms with Crippen LogP contribution in [0.1, 0.15) is 26.9 Å². The van der Waals surface area contributed by atoms with Crippen LogP contribution in [0.15, 0.2) is 28.7 Å². The normalized spacial score (nSPS) is 12.8. The van der Waals surface area contributed by atoms with Crippen LogP contribution < -0.4 is 5.73 Å². The molecule has 4 heteroatoms. The van der Waals surface area contributed by atoms with Crippen LogP contribution in [0.4, 0.5) is 4.39 Å². The number of thiophene rings is 1. The van der Waals surface area contributed by atoms with Gasteiger partial charge in [-0.1, -0.05) is 12.1 Å². The van der Waals surface area contributed by atoms with Gasteiger partial charge in [0.25, 0.3) is 0 Å². The average molecular weight is 314 g/mol. The second-order valence-corrected chi connectivity index (χ2v) is 6.18. The summed E-state index contributed by atoms with van der Waals surface area (Å²) in [5, 5.41) is 0. The third kappa shape index (κ3) is 2.59. The lowest BCUT2D eigenvalue weighted by Crippen LogP contribution is -2.10. The highest BCUT2D eigenvalue weighted by Gasteiger charge is 2.14. The van der Waals surface area contributed by atoms with Crippen molar-refractivity contribution in [1.82, 2.24) is 0 Å². The predicted molar refractivity (Wildman–Crippen MR) is 73.9 cm³/mol. The fraction of sp³-hybridized carbons (Fsp3) is 0.231. The highest BCUT2D eigenvalue weighted by atomic mass is 79.9. The van der Waals surface area contributed by atoms with Crippen molar-refractivity contribution in [2.24, 2.45) is 5.73 Å². The molecular weight excluding hydrogens is 301 g/mol. The van der Waals surface area contributed by atoms with Gasteiger partial charge < -0.3 is 5.73 Å². The molecule has 2 aromatic rings. The van der Waals surface area contributed by atoms with Crippen LogP contribution in [0, 0.1) is 19.7 Å². The number of hydrogen-bond acceptors (Lipinski definition) is 2. The van der Waals surface area contributed by atoms with Crippen molar-refractivity contribution in [1.29, 1.82) is 0 Å². The monoisotopic (exact) mass is 313 g/mol. The maximum atomic E-state index is 13.5. The predicted octanol–water partition coefficient (Wildman–Crippen LogP) is 4.31. The minimum atomic E-state index is -0.264. The lowest BCUT2D eigenvalue weighted by molar-refractivity contribution is 0.614. The van der Waals surface area contributed by atoms with E-state index in [-0.39, 0.29) is 11.9 Å². The molecule has 1 nitrogen and oxygen atoms in total. The van der Waals surface area contributed by atoms with Crippen molar-refractivity contribution in [3.63, 3.8) is 0 Å². The summed E-state index contributed by atoms with van der Waals surface area (Å²) in [6.07, 6.45) is 0. The van der Waals surface area contributed by atoms with Gasteiger partial charge in [-0.15, -0.1) is 11.3 Å². The summed E-state index contributed by atoms with van der Waals surface area (Å²) < 4.78 is 14.5. The van der Waals surface area contributed by atoms with Gasteiger partial charge in [-0.2, -0.15) is 0 Å². The lowest BCUT2D eigenvalue weighted by atomic mass is 10.0. The maximum Gasteiger partial charge on any atom is 0.126 e. The highest BCUT2D eigenvalue weighted by Crippen LogP contribution is 2.32. The average Bonchev–Trinajstić information content (AvgIpc) is 2.62. The van der Waals surface area contributed by atoms with Gasteiger partial charge in [-0.25, -0.2) is 4.39 Å². The Morgan fingerprint density at radius 3 is 2.53 bits per heavy atom. The van der Waals surface area contributed by atoms with E-state index in [2.05, 4.69) is 15.9 Å². The van der Waals surface area contributed by atoms with E-state index in [0.717, 1.165) is 14.9 Å². The molecule has 0 amide bonds. The first-order valence-electron chi connectivity index (χ1n) is 5.26. The minimum Gasteiger partial charge on any atom is -0.320 e. The molecule has 0 fully saturated rings. The molecule has 1 aromatic carbocycles. The topological polar surface area (TPSA) is 26.0 Å². The van der Waals surface area contributed by atoms with Crippen molar-refractivity contribution in [2.45, 2.75) is 19.9 Å². The number of halogens is 2. The molecule has 0 radical (unpaired) electrons. The summed E-state index contributed by atoms with van der Waals surface area (Å²) >= 11 is 5.10. The quantitative estimate of drug-likeness (QED) is 0.878. The lowest BCUT2D eigenvalue weighted by Gasteiger charge is -2.10. The molecule has 0 saturated carbocycles. The second kappa shape index (κ2) is 4.88. The number of aryl methyl sites for hydroxylation is 2. The van der Waals surface area contributed by atoms with Crippen LogP contribution in [-0.2, 0) is 0 Å². The van der Waals surface area contributed by atoms with Crippen molar-refractivity contribution in [3.05, 3.63) is 55.4 Å². The number of benzene rings is 1. The third-order valence-electron chi connectivity index (χ3n) is 2.74. The summed E-state index contributed by atoms with van der Waals surface area (Å²) in [5.41, 5.74) is 7.59. The Hall–Kier alpha value is -0.710. The van der Waals surface area contributed by atoms with E-state index in [0.29, 0.717) is 5.56 Å². The Bertz CT molecular complexity index is 531. The Labute approximate surface area is 113 Å². The Kier molecular flexibility index (Phi) is 3.66. The number of hydrogen-bond donors (Lipinski definition) is 1. The van der Waals surface area contributed by atoms with Gasteiger partial charge in [0, 0.05) is 14.2 Å². The zero-order valence-electron chi connectivity index (χ0n) is 9.63. The maximum absolute atomic E-state index is 13.5. The molecule has 2 N–H and O–H groups in total. The first-order valence-corrected chi connectivity index (χ1v) is 6.87. The van der Waals surface area contributed by atoms with Gasteiger partial charge in [0.15, 0.2) is 0 Å². The zero-order chi connectivity index (χ0) is 12.6. The first kappa shape index (κ1) is 12.7. The van der Waals surface area contributed by atoms with Crippen LogP contribution in [0.2, 0.25) is 0 Å². The van der Waals surface area contributed by atoms with Gasteiger partial charge in [-0.05, 0) is 53.0 Å². The van der Waals surface area contributed by atoms with E-state index in [1.54, 1.807) is 24.3 Å². The van der Waals surface area contributed by atoms with E-state index in [9.17, 15) is 4.39 Å². The second-order valence-electron chi connectivity index (χ2n) is 4.04. The van der Waals surface area contributed by atoms with Gasteiger partial charge in [0.05, 0.1) is 6.04 Å². The number of rotatable bonds is 2. The van der Waals surface area contributed by atoms with Gasteiger partial charge >= 0.3 is 0 Å². The van der Waals surface area contributed by atoms with Crippen molar-refractivity contribution >= 4 is 27.3 Å². The fourth-order valence-electron chi connectivity index (χ4n) is 1.60. The molecule has 1 unspecified atom stereocenters. The number of nitrogens with two attached hydrogens (primary N) is 1. The molecule has 1 heterocycles. The highest BCUT2D eigenvalue weighted by molar-refractivity contribution is 9.10. The molecule has 1 atom stereocenters. The Morgan fingerprint density at radius 1 is 1.29 bits per heavy atom. The van der Waals surface area contributed by atoms with Crippen LogP contribution in [-0.4, -0.2) is 0 Å². The summed E-state index contributed by atoms with van der Waals surface area (Å²) in [4.78, 5) is 2.22. The van der Waals surface area contributed by atoms with Crippen LogP contribution in [0.25, 0.3) is 0 Å². The molecule has 17 heavy (non-hydrogen) atoms. The van der Waals surface area contributed by atoms with E-state index in [4.69, 9.17) is 5.73 Å². The van der Waals surface area contributed by atoms with E-state index < -0.39 is 0 Å². The minimum absolute atomic E-state index is 0.203. The molecule has 2 rings (SSSR count). The summed E-state index contributed by atoms with van der Waals surface area (Å²) in [6.45, 7) is 3.78. The van der Waals surface area contributed by atoms with E-state index >= 15 is 0 Å². The molecule has 90 valence electrons. The summed E-state index contributed by atoms with van der Waals surface area (Å²) in [5.74, 6) is -0.203. The van der Waals surface area contributed by atoms with E-state index in [1.807, 2.05) is 19.1 Å². The molecule has 1 aromatic heterocycles. The molecule has 0 bridgehead atoms. The molecule has 0 aliphatic carbocycles. The van der Waals surface area contributed by atoms with Gasteiger partial charge in [-0.3, -0.25) is 0 Å². The Morgan fingerprint density at radius 2 is 2.00 bits per heavy atom. The first-order chi connectivity index (χ1) is 7.99. The summed E-state index contributed by atoms with van der Waals surface area (Å²) in [6, 6.07) is 6.90. The van der Waals surface area contributed by atoms with Crippen LogP contribution >= 0.6 is 27.3 Å². The molecule has 0 saturated heterocycles. The van der Waals surface area contributed by atoms with Crippen molar-refractivity contribution < 1.29 is 4.39 Å². The SMILES string of the molecule is Cc1ccc(C(N)c2cc(Br)c(C)s2)cc1F. The zero-order valence-corrected chi connectivity index (χ0v) is 12.0. The van der Waals surface area contributed by atoms with Gasteiger partial charge in [0.2, 0.25) is 0 Å². The molecule has 0 aliphatic rings. The van der Waals surface area contributed by atoms with Crippen molar-refractivity contribution in [3.8, 4) is 0 Å². The molecular formula is C13H13BrFNS. The molecule has 0 aliphatic heterocycles. The van der Waals surface area contributed by atoms with E-state index in [1.165, 1.54) is 10.9 Å². The molecule has 0 spiro atoms.